The van der Waals surface area contributed by atoms with Gasteiger partial charge in [0.2, 0.25) is 5.91 Å². The molecular formula is C14H20N2O2. The normalized spacial score (nSPS) is 20.0. The van der Waals surface area contributed by atoms with Crippen molar-refractivity contribution in [2.24, 2.45) is 5.92 Å². The first-order chi connectivity index (χ1) is 8.65. The summed E-state index contributed by atoms with van der Waals surface area (Å²) >= 11 is 0. The van der Waals surface area contributed by atoms with E-state index in [-0.39, 0.29) is 18.6 Å². The zero-order valence-electron chi connectivity index (χ0n) is 10.9. The van der Waals surface area contributed by atoms with E-state index in [1.165, 1.54) is 0 Å². The lowest BCUT2D eigenvalue weighted by Gasteiger charge is -2.35. The molecule has 1 unspecified atom stereocenters. The molecule has 98 valence electrons. The summed E-state index contributed by atoms with van der Waals surface area (Å²) in [6.45, 7) is 4.59. The summed E-state index contributed by atoms with van der Waals surface area (Å²) in [6, 6.07) is 10.1. The van der Waals surface area contributed by atoms with Crippen LogP contribution in [0.5, 0.6) is 0 Å². The highest BCUT2D eigenvalue weighted by molar-refractivity contribution is 5.83. The van der Waals surface area contributed by atoms with E-state index in [2.05, 4.69) is 13.8 Å². The molecule has 1 fully saturated rings. The van der Waals surface area contributed by atoms with Crippen LogP contribution in [0.4, 0.5) is 5.69 Å². The second kappa shape index (κ2) is 5.40. The molecule has 1 saturated heterocycles. The molecule has 0 radical (unpaired) electrons. The zero-order chi connectivity index (χ0) is 13.1. The van der Waals surface area contributed by atoms with Crippen molar-refractivity contribution in [2.75, 3.05) is 18.2 Å². The summed E-state index contributed by atoms with van der Waals surface area (Å²) < 4.78 is 0. The molecule has 1 aliphatic rings. The van der Waals surface area contributed by atoms with Crippen LogP contribution in [0.3, 0.4) is 0 Å². The van der Waals surface area contributed by atoms with Crippen molar-refractivity contribution in [2.45, 2.75) is 26.3 Å². The number of benzene rings is 1. The number of aliphatic hydroxyl groups excluding tert-OH is 1. The van der Waals surface area contributed by atoms with Crippen LogP contribution >= 0.6 is 0 Å². The van der Waals surface area contributed by atoms with Crippen LogP contribution in [0.25, 0.3) is 0 Å². The van der Waals surface area contributed by atoms with Crippen molar-refractivity contribution >= 4 is 11.6 Å². The lowest BCUT2D eigenvalue weighted by molar-refractivity contribution is -0.128. The number of nitrogens with zero attached hydrogens (tertiary/aromatic N) is 2. The van der Waals surface area contributed by atoms with E-state index in [1.54, 1.807) is 5.01 Å². The Kier molecular flexibility index (Phi) is 3.87. The van der Waals surface area contributed by atoms with Crippen LogP contribution < -0.4 is 5.01 Å². The van der Waals surface area contributed by atoms with Crippen LogP contribution in [-0.2, 0) is 4.79 Å². The van der Waals surface area contributed by atoms with Crippen LogP contribution in [-0.4, -0.2) is 35.2 Å². The van der Waals surface area contributed by atoms with Gasteiger partial charge >= 0.3 is 0 Å². The van der Waals surface area contributed by atoms with Gasteiger partial charge in [-0.15, -0.1) is 0 Å². The number of β-amino-alcohol motifs (C(OH)–C–C–N with tert-alkyl or cyclic N) is 1. The van der Waals surface area contributed by atoms with E-state index in [0.29, 0.717) is 18.9 Å². The second-order valence-corrected chi connectivity index (χ2v) is 4.94. The molecule has 1 amide bonds. The van der Waals surface area contributed by atoms with Crippen molar-refractivity contribution in [3.63, 3.8) is 0 Å². The highest BCUT2D eigenvalue weighted by Crippen LogP contribution is 2.30. The molecule has 1 atom stereocenters. The maximum Gasteiger partial charge on any atom is 0.243 e. The SMILES string of the molecule is CC(C)C1CC(=O)N(CCO)N1c1ccccc1. The van der Waals surface area contributed by atoms with Gasteiger partial charge in [-0.2, -0.15) is 0 Å². The highest BCUT2D eigenvalue weighted by atomic mass is 16.3. The van der Waals surface area contributed by atoms with Gasteiger partial charge in [-0.1, -0.05) is 32.0 Å². The molecule has 2 rings (SSSR count). The van der Waals surface area contributed by atoms with Gasteiger partial charge in [-0.3, -0.25) is 14.8 Å². The highest BCUT2D eigenvalue weighted by Gasteiger charge is 2.38. The van der Waals surface area contributed by atoms with Gasteiger partial charge in [0.1, 0.15) is 0 Å². The summed E-state index contributed by atoms with van der Waals surface area (Å²) in [5.74, 6) is 0.476. The zero-order valence-corrected chi connectivity index (χ0v) is 10.9. The molecule has 4 nitrogen and oxygen atoms in total. The smallest absolute Gasteiger partial charge is 0.243 e. The quantitative estimate of drug-likeness (QED) is 0.881. The minimum atomic E-state index is -0.0140. The van der Waals surface area contributed by atoms with Gasteiger partial charge in [0.05, 0.1) is 31.3 Å². The Bertz CT molecular complexity index is 406. The molecule has 0 aromatic heterocycles. The van der Waals surface area contributed by atoms with E-state index in [4.69, 9.17) is 5.11 Å². The number of rotatable bonds is 4. The van der Waals surface area contributed by atoms with Crippen molar-refractivity contribution < 1.29 is 9.90 Å². The number of aliphatic hydroxyl groups is 1. The fourth-order valence-corrected chi connectivity index (χ4v) is 2.43. The Morgan fingerprint density at radius 1 is 1.33 bits per heavy atom. The monoisotopic (exact) mass is 248 g/mol. The molecule has 0 bridgehead atoms. The van der Waals surface area contributed by atoms with Crippen molar-refractivity contribution in [1.29, 1.82) is 0 Å². The molecule has 1 aromatic carbocycles. The van der Waals surface area contributed by atoms with Crippen molar-refractivity contribution in [3.8, 4) is 0 Å². The number of hydrogen-bond donors (Lipinski definition) is 1. The second-order valence-electron chi connectivity index (χ2n) is 4.94. The Labute approximate surface area is 108 Å². The Hall–Kier alpha value is -1.55. The maximum atomic E-state index is 12.0. The van der Waals surface area contributed by atoms with E-state index >= 15 is 0 Å². The topological polar surface area (TPSA) is 43.8 Å². The molecule has 4 heteroatoms. The lowest BCUT2D eigenvalue weighted by atomic mass is 10.0. The molecule has 18 heavy (non-hydrogen) atoms. The van der Waals surface area contributed by atoms with Gasteiger partial charge in [0, 0.05) is 0 Å². The number of carbonyl (C=O) groups is 1. The Morgan fingerprint density at radius 3 is 2.56 bits per heavy atom. The van der Waals surface area contributed by atoms with E-state index in [0.717, 1.165) is 5.69 Å². The van der Waals surface area contributed by atoms with Gasteiger partial charge in [0.15, 0.2) is 0 Å². The lowest BCUT2D eigenvalue weighted by Crippen LogP contribution is -2.45. The molecule has 0 aliphatic carbocycles. The van der Waals surface area contributed by atoms with Gasteiger partial charge in [0.25, 0.3) is 0 Å². The summed E-state index contributed by atoms with van der Waals surface area (Å²) in [7, 11) is 0. The van der Waals surface area contributed by atoms with E-state index in [1.807, 2.05) is 35.3 Å². The fourth-order valence-electron chi connectivity index (χ4n) is 2.43. The third-order valence-electron chi connectivity index (χ3n) is 3.35. The van der Waals surface area contributed by atoms with Crippen LogP contribution in [0, 0.1) is 5.92 Å². The average molecular weight is 248 g/mol. The summed E-state index contributed by atoms with van der Waals surface area (Å²) in [5, 5.41) is 12.8. The number of hydrogen-bond acceptors (Lipinski definition) is 3. The minimum absolute atomic E-state index is 0.0140. The first-order valence-electron chi connectivity index (χ1n) is 6.40. The van der Waals surface area contributed by atoms with E-state index in [9.17, 15) is 4.79 Å². The first kappa shape index (κ1) is 12.9. The minimum Gasteiger partial charge on any atom is -0.394 e. The standard InChI is InChI=1S/C14H20N2O2/c1-11(2)13-10-14(18)15(8-9-17)16(13)12-6-4-3-5-7-12/h3-7,11,13,17H,8-10H2,1-2H3. The molecular weight excluding hydrogens is 228 g/mol. The van der Waals surface area contributed by atoms with Gasteiger partial charge in [-0.05, 0) is 18.1 Å². The summed E-state index contributed by atoms with van der Waals surface area (Å²) in [6.07, 6.45) is 0.520. The Morgan fingerprint density at radius 2 is 2.00 bits per heavy atom. The van der Waals surface area contributed by atoms with Crippen LogP contribution in [0.2, 0.25) is 0 Å². The third-order valence-corrected chi connectivity index (χ3v) is 3.35. The van der Waals surface area contributed by atoms with Crippen LogP contribution in [0.1, 0.15) is 20.3 Å². The molecule has 1 aromatic rings. The average Bonchev–Trinajstić information content (AvgIpc) is 2.69. The molecule has 1 heterocycles. The maximum absolute atomic E-state index is 12.0. The number of carbonyl (C=O) groups excluding carboxylic acids is 1. The number of para-hydroxylation sites is 1. The predicted octanol–water partition coefficient (Wildman–Crippen LogP) is 1.66. The summed E-state index contributed by atoms with van der Waals surface area (Å²) in [5.41, 5.74) is 1.01. The number of hydrazine groups is 1. The first-order valence-corrected chi connectivity index (χ1v) is 6.40. The fraction of sp³-hybridized carbons (Fsp3) is 0.500. The van der Waals surface area contributed by atoms with Gasteiger partial charge < -0.3 is 5.11 Å². The molecule has 0 spiro atoms. The van der Waals surface area contributed by atoms with Gasteiger partial charge in [-0.25, -0.2) is 0 Å². The van der Waals surface area contributed by atoms with E-state index < -0.39 is 0 Å². The third kappa shape index (κ3) is 2.34. The summed E-state index contributed by atoms with van der Waals surface area (Å²) in [4.78, 5) is 12.0. The molecule has 0 saturated carbocycles. The molecule has 1 aliphatic heterocycles. The largest absolute Gasteiger partial charge is 0.394 e. The number of anilines is 1. The Balaban J connectivity index is 2.33. The van der Waals surface area contributed by atoms with Crippen molar-refractivity contribution in [3.05, 3.63) is 30.3 Å². The van der Waals surface area contributed by atoms with Crippen molar-refractivity contribution in [1.82, 2.24) is 5.01 Å². The molecule has 1 N–H and O–H groups in total. The predicted molar refractivity (Wildman–Crippen MR) is 71.0 cm³/mol. The van der Waals surface area contributed by atoms with Crippen LogP contribution in [0.15, 0.2) is 30.3 Å². The number of amides is 1.